The Hall–Kier alpha value is -1.36. The molecular formula is C10H15ClN4O. The van der Waals surface area contributed by atoms with Gasteiger partial charge in [0.1, 0.15) is 16.8 Å². The van der Waals surface area contributed by atoms with Crippen molar-refractivity contribution in [2.75, 3.05) is 18.4 Å². The van der Waals surface area contributed by atoms with E-state index in [1.165, 1.54) is 0 Å². The molecule has 1 amide bonds. The van der Waals surface area contributed by atoms with Crippen LogP contribution in [-0.2, 0) is 11.2 Å². The fourth-order valence-electron chi connectivity index (χ4n) is 1.14. The molecule has 2 N–H and O–H groups in total. The van der Waals surface area contributed by atoms with Crippen LogP contribution in [0.25, 0.3) is 0 Å². The third-order valence-corrected chi connectivity index (χ3v) is 2.06. The standard InChI is InChI=1S/C10H15ClN4O/c1-3-8-14-7(11)5-9(15-8)13-6-10(16)12-4-2/h5H,3-4,6H2,1-2H3,(H,12,16)(H,13,14,15). The number of nitrogens with zero attached hydrogens (tertiary/aromatic N) is 2. The molecule has 0 atom stereocenters. The monoisotopic (exact) mass is 242 g/mol. The number of carbonyl (C=O) groups excluding carboxylic acids is 1. The van der Waals surface area contributed by atoms with Gasteiger partial charge < -0.3 is 10.6 Å². The summed E-state index contributed by atoms with van der Waals surface area (Å²) in [5.41, 5.74) is 0. The Labute approximate surface area is 99.6 Å². The van der Waals surface area contributed by atoms with Crippen LogP contribution in [0.5, 0.6) is 0 Å². The van der Waals surface area contributed by atoms with Crippen molar-refractivity contribution in [2.45, 2.75) is 20.3 Å². The van der Waals surface area contributed by atoms with Crippen molar-refractivity contribution in [3.63, 3.8) is 0 Å². The molecule has 0 fully saturated rings. The number of aryl methyl sites for hydroxylation is 1. The average molecular weight is 243 g/mol. The Morgan fingerprint density at radius 3 is 2.81 bits per heavy atom. The zero-order chi connectivity index (χ0) is 12.0. The summed E-state index contributed by atoms with van der Waals surface area (Å²) < 4.78 is 0. The maximum atomic E-state index is 11.2. The van der Waals surface area contributed by atoms with Crippen LogP contribution >= 0.6 is 11.6 Å². The SMILES string of the molecule is CCNC(=O)CNc1cc(Cl)nc(CC)n1. The number of hydrogen-bond acceptors (Lipinski definition) is 4. The molecule has 1 heterocycles. The first-order valence-corrected chi connectivity index (χ1v) is 5.57. The van der Waals surface area contributed by atoms with Gasteiger partial charge in [-0.15, -0.1) is 0 Å². The molecular weight excluding hydrogens is 228 g/mol. The number of amides is 1. The molecule has 0 unspecified atom stereocenters. The molecule has 88 valence electrons. The number of likely N-dealkylation sites (N-methyl/N-ethyl adjacent to an activating group) is 1. The third-order valence-electron chi connectivity index (χ3n) is 1.86. The van der Waals surface area contributed by atoms with E-state index >= 15 is 0 Å². The largest absolute Gasteiger partial charge is 0.361 e. The van der Waals surface area contributed by atoms with Crippen molar-refractivity contribution >= 4 is 23.3 Å². The van der Waals surface area contributed by atoms with Gasteiger partial charge in [0.15, 0.2) is 0 Å². The van der Waals surface area contributed by atoms with E-state index in [2.05, 4.69) is 20.6 Å². The lowest BCUT2D eigenvalue weighted by Gasteiger charge is -2.07. The minimum atomic E-state index is -0.0738. The summed E-state index contributed by atoms with van der Waals surface area (Å²) in [5, 5.41) is 5.96. The molecule has 0 bridgehead atoms. The lowest BCUT2D eigenvalue weighted by Crippen LogP contribution is -2.29. The molecule has 0 aromatic carbocycles. The molecule has 0 aliphatic heterocycles. The summed E-state index contributed by atoms with van der Waals surface area (Å²) in [7, 11) is 0. The lowest BCUT2D eigenvalue weighted by atomic mass is 10.4. The van der Waals surface area contributed by atoms with E-state index < -0.39 is 0 Å². The quantitative estimate of drug-likeness (QED) is 0.763. The van der Waals surface area contributed by atoms with E-state index in [-0.39, 0.29) is 12.5 Å². The van der Waals surface area contributed by atoms with Crippen molar-refractivity contribution < 1.29 is 4.79 Å². The molecule has 16 heavy (non-hydrogen) atoms. The first-order chi connectivity index (χ1) is 7.65. The Kier molecular flexibility index (Phi) is 4.98. The minimum absolute atomic E-state index is 0.0738. The maximum absolute atomic E-state index is 11.2. The van der Waals surface area contributed by atoms with Crippen LogP contribution in [0.1, 0.15) is 19.7 Å². The van der Waals surface area contributed by atoms with Gasteiger partial charge >= 0.3 is 0 Å². The van der Waals surface area contributed by atoms with Gasteiger partial charge in [-0.2, -0.15) is 0 Å². The molecule has 0 aliphatic carbocycles. The zero-order valence-electron chi connectivity index (χ0n) is 9.38. The van der Waals surface area contributed by atoms with E-state index in [9.17, 15) is 4.79 Å². The van der Waals surface area contributed by atoms with Crippen LogP contribution < -0.4 is 10.6 Å². The fourth-order valence-corrected chi connectivity index (χ4v) is 1.34. The Bertz CT molecular complexity index is 370. The molecule has 1 rings (SSSR count). The average Bonchev–Trinajstić information content (AvgIpc) is 2.26. The van der Waals surface area contributed by atoms with Crippen molar-refractivity contribution in [3.05, 3.63) is 17.0 Å². The van der Waals surface area contributed by atoms with Crippen molar-refractivity contribution in [1.82, 2.24) is 15.3 Å². The van der Waals surface area contributed by atoms with Crippen molar-refractivity contribution in [2.24, 2.45) is 0 Å². The topological polar surface area (TPSA) is 66.9 Å². The van der Waals surface area contributed by atoms with Gasteiger partial charge in [-0.1, -0.05) is 18.5 Å². The normalized spacial score (nSPS) is 9.94. The Morgan fingerprint density at radius 1 is 1.44 bits per heavy atom. The van der Waals surface area contributed by atoms with Crippen LogP contribution in [0, 0.1) is 0 Å². The predicted molar refractivity (Wildman–Crippen MR) is 63.6 cm³/mol. The molecule has 1 aromatic heterocycles. The second-order valence-corrected chi connectivity index (χ2v) is 3.54. The van der Waals surface area contributed by atoms with Crippen molar-refractivity contribution in [3.8, 4) is 0 Å². The second-order valence-electron chi connectivity index (χ2n) is 3.15. The number of hydrogen-bond donors (Lipinski definition) is 2. The van der Waals surface area contributed by atoms with Gasteiger partial charge in [0, 0.05) is 19.0 Å². The molecule has 6 heteroatoms. The fraction of sp³-hybridized carbons (Fsp3) is 0.500. The molecule has 0 aliphatic rings. The van der Waals surface area contributed by atoms with Gasteiger partial charge in [-0.05, 0) is 6.92 Å². The van der Waals surface area contributed by atoms with E-state index in [1.807, 2.05) is 13.8 Å². The molecule has 0 spiro atoms. The zero-order valence-corrected chi connectivity index (χ0v) is 10.1. The first kappa shape index (κ1) is 12.7. The van der Waals surface area contributed by atoms with Gasteiger partial charge in [0.05, 0.1) is 6.54 Å². The smallest absolute Gasteiger partial charge is 0.239 e. The van der Waals surface area contributed by atoms with Gasteiger partial charge in [0.2, 0.25) is 5.91 Å². The summed E-state index contributed by atoms with van der Waals surface area (Å²) in [6.45, 7) is 4.61. The molecule has 5 nitrogen and oxygen atoms in total. The number of anilines is 1. The predicted octanol–water partition coefficient (Wildman–Crippen LogP) is 1.24. The van der Waals surface area contributed by atoms with E-state index in [4.69, 9.17) is 11.6 Å². The maximum Gasteiger partial charge on any atom is 0.239 e. The van der Waals surface area contributed by atoms with Crippen LogP contribution in [0.15, 0.2) is 6.07 Å². The number of nitrogens with one attached hydrogen (secondary N) is 2. The molecule has 0 saturated carbocycles. The number of halogens is 1. The summed E-state index contributed by atoms with van der Waals surface area (Å²) in [5.74, 6) is 1.16. The van der Waals surface area contributed by atoms with E-state index in [0.717, 1.165) is 0 Å². The highest BCUT2D eigenvalue weighted by Crippen LogP contribution is 2.11. The summed E-state index contributed by atoms with van der Waals surface area (Å²) in [4.78, 5) is 19.4. The number of rotatable bonds is 5. The van der Waals surface area contributed by atoms with Crippen LogP contribution in [0.4, 0.5) is 5.82 Å². The number of carbonyl (C=O) groups is 1. The number of aromatic nitrogens is 2. The van der Waals surface area contributed by atoms with Gasteiger partial charge in [-0.25, -0.2) is 9.97 Å². The summed E-state index contributed by atoms with van der Waals surface area (Å²) in [6.07, 6.45) is 0.705. The van der Waals surface area contributed by atoms with E-state index in [1.54, 1.807) is 6.07 Å². The molecule has 1 aromatic rings. The first-order valence-electron chi connectivity index (χ1n) is 5.19. The molecule has 0 saturated heterocycles. The van der Waals surface area contributed by atoms with Gasteiger partial charge in [-0.3, -0.25) is 4.79 Å². The molecule has 0 radical (unpaired) electrons. The highest BCUT2D eigenvalue weighted by Gasteiger charge is 2.03. The van der Waals surface area contributed by atoms with Crippen LogP contribution in [-0.4, -0.2) is 29.0 Å². The van der Waals surface area contributed by atoms with Gasteiger partial charge in [0.25, 0.3) is 0 Å². The highest BCUT2D eigenvalue weighted by molar-refractivity contribution is 6.29. The summed E-state index contributed by atoms with van der Waals surface area (Å²) in [6, 6.07) is 1.60. The van der Waals surface area contributed by atoms with Crippen LogP contribution in [0.2, 0.25) is 5.15 Å². The van der Waals surface area contributed by atoms with E-state index in [0.29, 0.717) is 29.8 Å². The Balaban J connectivity index is 2.59. The lowest BCUT2D eigenvalue weighted by molar-refractivity contribution is -0.119. The summed E-state index contributed by atoms with van der Waals surface area (Å²) >= 11 is 5.81. The van der Waals surface area contributed by atoms with Crippen molar-refractivity contribution in [1.29, 1.82) is 0 Å². The van der Waals surface area contributed by atoms with Crippen LogP contribution in [0.3, 0.4) is 0 Å². The third kappa shape index (κ3) is 4.02. The highest BCUT2D eigenvalue weighted by atomic mass is 35.5. The Morgan fingerprint density at radius 2 is 2.19 bits per heavy atom. The second kappa shape index (κ2) is 6.27. The minimum Gasteiger partial charge on any atom is -0.361 e.